The molecule has 0 spiro atoms. The van der Waals surface area contributed by atoms with Gasteiger partial charge in [0.1, 0.15) is 6.10 Å². The summed E-state index contributed by atoms with van der Waals surface area (Å²) < 4.78 is 38.3. The maximum atomic E-state index is 12.8. The molecule has 0 heterocycles. The number of hydrogen-bond donors (Lipinski definition) is 2. The standard InChI is InChI=1S/C26H41F3O2/c1-16(5-10-22(30)26(27,28)29)19-8-9-20-18-7-6-17-15-23(2,31)13-14-24(17,3)21(18)11-12-25(19,20)4/h6,16,18-22,30-31H,5,7-15H2,1-4H3/t16-,18+,19?,20+,21+,22?,23+,24+,25-/m1/s1. The Morgan fingerprint density at radius 1 is 1.03 bits per heavy atom. The van der Waals surface area contributed by atoms with Crippen LogP contribution in [0.4, 0.5) is 13.2 Å². The highest BCUT2D eigenvalue weighted by molar-refractivity contribution is 5.26. The first-order valence-corrected chi connectivity index (χ1v) is 12.4. The Morgan fingerprint density at radius 2 is 1.74 bits per heavy atom. The van der Waals surface area contributed by atoms with Crippen molar-refractivity contribution in [3.63, 3.8) is 0 Å². The van der Waals surface area contributed by atoms with E-state index >= 15 is 0 Å². The molecule has 178 valence electrons. The maximum absolute atomic E-state index is 12.8. The first-order valence-electron chi connectivity index (χ1n) is 12.4. The van der Waals surface area contributed by atoms with Crippen LogP contribution in [0.25, 0.3) is 0 Å². The fourth-order valence-corrected chi connectivity index (χ4v) is 8.57. The molecule has 31 heavy (non-hydrogen) atoms. The third-order valence-corrected chi connectivity index (χ3v) is 10.4. The van der Waals surface area contributed by atoms with E-state index in [2.05, 4.69) is 26.8 Å². The Balaban J connectivity index is 1.48. The van der Waals surface area contributed by atoms with Crippen molar-refractivity contribution in [1.82, 2.24) is 0 Å². The Bertz CT molecular complexity index is 714. The van der Waals surface area contributed by atoms with Crippen molar-refractivity contribution in [2.45, 2.75) is 110 Å². The summed E-state index contributed by atoms with van der Waals surface area (Å²) in [6.07, 6.45) is 4.48. The third kappa shape index (κ3) is 4.00. The molecule has 0 aromatic rings. The number of aliphatic hydroxyl groups excluding tert-OH is 1. The number of allylic oxidation sites excluding steroid dienone is 1. The molecule has 0 aromatic carbocycles. The van der Waals surface area contributed by atoms with E-state index in [4.69, 9.17) is 0 Å². The lowest BCUT2D eigenvalue weighted by molar-refractivity contribution is -0.206. The fourth-order valence-electron chi connectivity index (χ4n) is 8.57. The summed E-state index contributed by atoms with van der Waals surface area (Å²) in [6, 6.07) is 0. The predicted octanol–water partition coefficient (Wildman–Crippen LogP) is 6.66. The summed E-state index contributed by atoms with van der Waals surface area (Å²) in [4.78, 5) is 0. The quantitative estimate of drug-likeness (QED) is 0.478. The van der Waals surface area contributed by atoms with E-state index in [1.165, 1.54) is 18.4 Å². The Kier molecular flexibility index (Phi) is 5.90. The van der Waals surface area contributed by atoms with Crippen molar-refractivity contribution in [1.29, 1.82) is 0 Å². The van der Waals surface area contributed by atoms with Gasteiger partial charge in [0, 0.05) is 0 Å². The zero-order valence-electron chi connectivity index (χ0n) is 19.6. The molecule has 2 unspecified atom stereocenters. The van der Waals surface area contributed by atoms with Crippen molar-refractivity contribution < 1.29 is 23.4 Å². The fraction of sp³-hybridized carbons (Fsp3) is 0.923. The molecular formula is C26H41F3O2. The van der Waals surface area contributed by atoms with Crippen molar-refractivity contribution in [3.05, 3.63) is 11.6 Å². The van der Waals surface area contributed by atoms with Crippen LogP contribution >= 0.6 is 0 Å². The average Bonchev–Trinajstić information content (AvgIpc) is 3.02. The molecular weight excluding hydrogens is 401 g/mol. The molecule has 2 nitrogen and oxygen atoms in total. The molecule has 0 aliphatic heterocycles. The van der Waals surface area contributed by atoms with Crippen LogP contribution in [0.3, 0.4) is 0 Å². The van der Waals surface area contributed by atoms with Crippen LogP contribution < -0.4 is 0 Å². The van der Waals surface area contributed by atoms with Gasteiger partial charge in [-0.1, -0.05) is 32.4 Å². The van der Waals surface area contributed by atoms with E-state index in [-0.39, 0.29) is 23.2 Å². The molecule has 3 fully saturated rings. The van der Waals surface area contributed by atoms with E-state index in [0.717, 1.165) is 38.5 Å². The van der Waals surface area contributed by atoms with Crippen LogP contribution in [0.5, 0.6) is 0 Å². The van der Waals surface area contributed by atoms with E-state index in [1.54, 1.807) is 0 Å². The Labute approximate surface area is 185 Å². The van der Waals surface area contributed by atoms with E-state index in [1.807, 2.05) is 6.92 Å². The largest absolute Gasteiger partial charge is 0.414 e. The van der Waals surface area contributed by atoms with Gasteiger partial charge in [-0.3, -0.25) is 0 Å². The van der Waals surface area contributed by atoms with Crippen LogP contribution in [-0.4, -0.2) is 28.1 Å². The first-order chi connectivity index (χ1) is 14.3. The average molecular weight is 443 g/mol. The Morgan fingerprint density at radius 3 is 2.42 bits per heavy atom. The SMILES string of the molecule is C[C@H](CCC(O)C(F)(F)F)C1CC[C@H]2[C@@H]3CC=C4C[C@@](C)(O)CC[C@]4(C)[C@H]3CC[C@]12C. The van der Waals surface area contributed by atoms with Gasteiger partial charge in [-0.25, -0.2) is 0 Å². The molecule has 3 saturated carbocycles. The second-order valence-electron chi connectivity index (χ2n) is 12.3. The van der Waals surface area contributed by atoms with Gasteiger partial charge < -0.3 is 10.2 Å². The summed E-state index contributed by atoms with van der Waals surface area (Å²) in [5.74, 6) is 2.63. The molecule has 0 radical (unpaired) electrons. The van der Waals surface area contributed by atoms with Gasteiger partial charge in [0.2, 0.25) is 0 Å². The lowest BCUT2D eigenvalue weighted by Crippen LogP contribution is -2.52. The number of rotatable bonds is 4. The van der Waals surface area contributed by atoms with E-state index in [9.17, 15) is 23.4 Å². The topological polar surface area (TPSA) is 40.5 Å². The van der Waals surface area contributed by atoms with Gasteiger partial charge in [0.15, 0.2) is 0 Å². The minimum atomic E-state index is -4.51. The minimum absolute atomic E-state index is 0.182. The molecule has 0 bridgehead atoms. The summed E-state index contributed by atoms with van der Waals surface area (Å²) in [5.41, 5.74) is 1.30. The highest BCUT2D eigenvalue weighted by atomic mass is 19.4. The van der Waals surface area contributed by atoms with Gasteiger partial charge >= 0.3 is 6.18 Å². The van der Waals surface area contributed by atoms with Crippen LogP contribution in [-0.2, 0) is 0 Å². The second-order valence-corrected chi connectivity index (χ2v) is 12.3. The first kappa shape index (κ1) is 23.6. The minimum Gasteiger partial charge on any atom is -0.390 e. The van der Waals surface area contributed by atoms with E-state index < -0.39 is 17.9 Å². The normalized spacial score (nSPS) is 47.1. The smallest absolute Gasteiger partial charge is 0.390 e. The monoisotopic (exact) mass is 442 g/mol. The summed E-state index contributed by atoms with van der Waals surface area (Å²) in [5, 5.41) is 20.1. The van der Waals surface area contributed by atoms with Crippen molar-refractivity contribution >= 4 is 0 Å². The van der Waals surface area contributed by atoms with Gasteiger partial charge in [-0.05, 0) is 112 Å². The molecule has 4 aliphatic rings. The number of hydrogen-bond acceptors (Lipinski definition) is 2. The zero-order chi connectivity index (χ0) is 22.8. The Hall–Kier alpha value is -0.550. The zero-order valence-corrected chi connectivity index (χ0v) is 19.6. The summed E-state index contributed by atoms with van der Waals surface area (Å²) in [7, 11) is 0. The highest BCUT2D eigenvalue weighted by Gasteiger charge is 2.59. The van der Waals surface area contributed by atoms with Crippen LogP contribution in [0.15, 0.2) is 11.6 Å². The van der Waals surface area contributed by atoms with Gasteiger partial charge in [0.25, 0.3) is 0 Å². The van der Waals surface area contributed by atoms with Crippen molar-refractivity contribution in [2.24, 2.45) is 40.4 Å². The molecule has 0 amide bonds. The molecule has 4 aliphatic carbocycles. The summed E-state index contributed by atoms with van der Waals surface area (Å²) in [6.45, 7) is 8.92. The van der Waals surface area contributed by atoms with E-state index in [0.29, 0.717) is 30.1 Å². The number of halogens is 3. The molecule has 0 saturated heterocycles. The molecule has 5 heteroatoms. The van der Waals surface area contributed by atoms with Crippen molar-refractivity contribution in [2.75, 3.05) is 0 Å². The van der Waals surface area contributed by atoms with Crippen LogP contribution in [0.2, 0.25) is 0 Å². The van der Waals surface area contributed by atoms with Crippen molar-refractivity contribution in [3.8, 4) is 0 Å². The number of fused-ring (bicyclic) bond motifs is 5. The molecule has 2 N–H and O–H groups in total. The van der Waals surface area contributed by atoms with Gasteiger partial charge in [0.05, 0.1) is 5.60 Å². The molecule has 9 atom stereocenters. The maximum Gasteiger partial charge on any atom is 0.414 e. The molecule has 0 aromatic heterocycles. The highest BCUT2D eigenvalue weighted by Crippen LogP contribution is 2.67. The second kappa shape index (κ2) is 7.75. The predicted molar refractivity (Wildman–Crippen MR) is 116 cm³/mol. The third-order valence-electron chi connectivity index (χ3n) is 10.4. The van der Waals surface area contributed by atoms with Crippen LogP contribution in [0, 0.1) is 40.4 Å². The lowest BCUT2D eigenvalue weighted by atomic mass is 9.46. The number of aliphatic hydroxyl groups is 2. The lowest BCUT2D eigenvalue weighted by Gasteiger charge is -2.59. The van der Waals surface area contributed by atoms with Crippen LogP contribution in [0.1, 0.15) is 91.9 Å². The summed E-state index contributed by atoms with van der Waals surface area (Å²) >= 11 is 0. The van der Waals surface area contributed by atoms with Gasteiger partial charge in [-0.2, -0.15) is 13.2 Å². The van der Waals surface area contributed by atoms with Gasteiger partial charge in [-0.15, -0.1) is 0 Å². The molecule has 4 rings (SSSR count). The number of alkyl halides is 3.